The van der Waals surface area contributed by atoms with Crippen molar-refractivity contribution in [3.05, 3.63) is 34.9 Å². The first-order valence-corrected chi connectivity index (χ1v) is 9.29. The van der Waals surface area contributed by atoms with Gasteiger partial charge in [0.15, 0.2) is 0 Å². The van der Waals surface area contributed by atoms with E-state index in [9.17, 15) is 9.59 Å². The van der Waals surface area contributed by atoms with Gasteiger partial charge in [0.25, 0.3) is 5.91 Å². The maximum absolute atomic E-state index is 12.5. The molecule has 0 bridgehead atoms. The minimum Gasteiger partial charge on any atom is -0.385 e. The quantitative estimate of drug-likeness (QED) is 0.719. The Morgan fingerprint density at radius 1 is 1.28 bits per heavy atom. The second kappa shape index (κ2) is 10.4. The third-order valence-electron chi connectivity index (χ3n) is 4.63. The van der Waals surface area contributed by atoms with E-state index in [2.05, 4.69) is 5.32 Å². The maximum Gasteiger partial charge on any atom is 0.255 e. The largest absolute Gasteiger partial charge is 0.385 e. The number of halogens is 1. The molecule has 0 spiro atoms. The summed E-state index contributed by atoms with van der Waals surface area (Å²) in [5.74, 6) is 0.602. The van der Waals surface area contributed by atoms with E-state index in [1.807, 2.05) is 17.0 Å². The van der Waals surface area contributed by atoms with E-state index < -0.39 is 0 Å². The van der Waals surface area contributed by atoms with E-state index in [0.717, 1.165) is 38.8 Å². The lowest BCUT2D eigenvalue weighted by atomic mass is 9.91. The molecule has 1 N–H and O–H groups in total. The predicted molar refractivity (Wildman–Crippen MR) is 98.8 cm³/mol. The molecule has 0 atom stereocenters. The molecule has 0 saturated carbocycles. The Morgan fingerprint density at radius 3 is 2.68 bits per heavy atom. The van der Waals surface area contributed by atoms with E-state index in [4.69, 9.17) is 16.3 Å². The van der Waals surface area contributed by atoms with Crippen molar-refractivity contribution >= 4 is 23.4 Å². The molecule has 25 heavy (non-hydrogen) atoms. The fraction of sp³-hybridized carbons (Fsp3) is 0.579. The molecule has 0 aromatic heterocycles. The number of rotatable bonds is 8. The molecule has 0 aliphatic carbocycles. The average Bonchev–Trinajstić information content (AvgIpc) is 2.64. The van der Waals surface area contributed by atoms with Gasteiger partial charge < -0.3 is 15.0 Å². The van der Waals surface area contributed by atoms with Crippen LogP contribution in [0.25, 0.3) is 0 Å². The topological polar surface area (TPSA) is 58.6 Å². The molecule has 138 valence electrons. The van der Waals surface area contributed by atoms with Gasteiger partial charge in [0.1, 0.15) is 0 Å². The number of nitrogens with one attached hydrogen (secondary N) is 1. The Labute approximate surface area is 154 Å². The van der Waals surface area contributed by atoms with E-state index in [-0.39, 0.29) is 11.8 Å². The van der Waals surface area contributed by atoms with E-state index in [1.54, 1.807) is 19.2 Å². The number of benzene rings is 1. The molecule has 1 fully saturated rings. The second-order valence-electron chi connectivity index (χ2n) is 6.45. The van der Waals surface area contributed by atoms with Gasteiger partial charge in [0.05, 0.1) is 10.6 Å². The molecule has 1 heterocycles. The highest BCUT2D eigenvalue weighted by atomic mass is 35.5. The fourth-order valence-corrected chi connectivity index (χ4v) is 3.31. The van der Waals surface area contributed by atoms with Crippen molar-refractivity contribution < 1.29 is 14.3 Å². The minimum atomic E-state index is -0.0000591. The van der Waals surface area contributed by atoms with Crippen molar-refractivity contribution in [3.63, 3.8) is 0 Å². The Balaban J connectivity index is 1.68. The Morgan fingerprint density at radius 2 is 2.00 bits per heavy atom. The van der Waals surface area contributed by atoms with E-state index in [0.29, 0.717) is 36.1 Å². The molecule has 1 aromatic rings. The van der Waals surface area contributed by atoms with Crippen molar-refractivity contribution in [2.45, 2.75) is 32.1 Å². The van der Waals surface area contributed by atoms with E-state index in [1.165, 1.54) is 0 Å². The van der Waals surface area contributed by atoms with Crippen LogP contribution in [0.5, 0.6) is 0 Å². The molecule has 1 aromatic carbocycles. The lowest BCUT2D eigenvalue weighted by Gasteiger charge is -2.32. The number of piperidine rings is 1. The van der Waals surface area contributed by atoms with Crippen LogP contribution < -0.4 is 5.32 Å². The summed E-state index contributed by atoms with van der Waals surface area (Å²) in [6.45, 7) is 2.78. The Bertz CT molecular complexity index is 572. The van der Waals surface area contributed by atoms with Gasteiger partial charge in [-0.15, -0.1) is 0 Å². The van der Waals surface area contributed by atoms with Gasteiger partial charge in [-0.1, -0.05) is 23.7 Å². The monoisotopic (exact) mass is 366 g/mol. The smallest absolute Gasteiger partial charge is 0.255 e. The molecule has 1 aliphatic heterocycles. The van der Waals surface area contributed by atoms with Crippen LogP contribution in [0.2, 0.25) is 5.02 Å². The lowest BCUT2D eigenvalue weighted by Crippen LogP contribution is -2.38. The molecular weight excluding hydrogens is 340 g/mol. The predicted octanol–water partition coefficient (Wildman–Crippen LogP) is 3.13. The standard InChI is InChI=1S/C19H27ClN2O3/c1-25-14-4-11-21-18(23)8-7-15-9-12-22(13-10-15)19(24)16-5-2-3-6-17(16)20/h2-3,5-6,15H,4,7-14H2,1H3,(H,21,23). The van der Waals surface area contributed by atoms with Crippen LogP contribution in [0.3, 0.4) is 0 Å². The van der Waals surface area contributed by atoms with Gasteiger partial charge in [-0.05, 0) is 43.7 Å². The first-order valence-electron chi connectivity index (χ1n) is 8.91. The number of nitrogens with zero attached hydrogens (tertiary/aromatic N) is 1. The third-order valence-corrected chi connectivity index (χ3v) is 4.96. The highest BCUT2D eigenvalue weighted by Crippen LogP contribution is 2.24. The van der Waals surface area contributed by atoms with Crippen LogP contribution in [-0.4, -0.2) is 50.1 Å². The number of hydrogen-bond acceptors (Lipinski definition) is 3. The highest BCUT2D eigenvalue weighted by Gasteiger charge is 2.24. The number of likely N-dealkylation sites (tertiary alicyclic amines) is 1. The maximum atomic E-state index is 12.5. The van der Waals surface area contributed by atoms with Crippen LogP contribution in [0.4, 0.5) is 0 Å². The summed E-state index contributed by atoms with van der Waals surface area (Å²) in [7, 11) is 1.66. The molecule has 2 amide bonds. The van der Waals surface area contributed by atoms with E-state index >= 15 is 0 Å². The molecule has 1 aliphatic rings. The molecular formula is C19H27ClN2O3. The number of carbonyl (C=O) groups is 2. The summed E-state index contributed by atoms with van der Waals surface area (Å²) in [4.78, 5) is 26.2. The summed E-state index contributed by atoms with van der Waals surface area (Å²) >= 11 is 6.11. The number of amides is 2. The normalized spacial score (nSPS) is 15.2. The minimum absolute atomic E-state index is 0.0000591. The first kappa shape index (κ1) is 19.7. The van der Waals surface area contributed by atoms with Gasteiger partial charge >= 0.3 is 0 Å². The Hall–Kier alpha value is -1.59. The van der Waals surface area contributed by atoms with Gasteiger partial charge in [-0.2, -0.15) is 0 Å². The van der Waals surface area contributed by atoms with Crippen molar-refractivity contribution in [2.24, 2.45) is 5.92 Å². The van der Waals surface area contributed by atoms with Crippen LogP contribution in [0.1, 0.15) is 42.5 Å². The summed E-state index contributed by atoms with van der Waals surface area (Å²) in [5, 5.41) is 3.41. The molecule has 5 nitrogen and oxygen atoms in total. The zero-order valence-corrected chi connectivity index (χ0v) is 15.6. The highest BCUT2D eigenvalue weighted by molar-refractivity contribution is 6.33. The molecule has 0 unspecified atom stereocenters. The summed E-state index contributed by atoms with van der Waals surface area (Å²) in [5.41, 5.74) is 0.568. The Kier molecular flexibility index (Phi) is 8.22. The second-order valence-corrected chi connectivity index (χ2v) is 6.86. The third kappa shape index (κ3) is 6.33. The lowest BCUT2D eigenvalue weighted by molar-refractivity contribution is -0.121. The zero-order chi connectivity index (χ0) is 18.1. The molecule has 0 radical (unpaired) electrons. The molecule has 1 saturated heterocycles. The SMILES string of the molecule is COCCCNC(=O)CCC1CCN(C(=O)c2ccccc2Cl)CC1. The number of carbonyl (C=O) groups excluding carboxylic acids is 2. The summed E-state index contributed by atoms with van der Waals surface area (Å²) < 4.78 is 4.96. The van der Waals surface area contributed by atoms with Crippen LogP contribution in [0, 0.1) is 5.92 Å². The number of ether oxygens (including phenoxy) is 1. The van der Waals surface area contributed by atoms with Crippen LogP contribution in [-0.2, 0) is 9.53 Å². The van der Waals surface area contributed by atoms with Crippen molar-refractivity contribution in [1.29, 1.82) is 0 Å². The fourth-order valence-electron chi connectivity index (χ4n) is 3.10. The summed E-state index contributed by atoms with van der Waals surface area (Å²) in [6.07, 6.45) is 4.14. The van der Waals surface area contributed by atoms with Gasteiger partial charge in [0, 0.05) is 39.8 Å². The van der Waals surface area contributed by atoms with Gasteiger partial charge in [-0.3, -0.25) is 9.59 Å². The summed E-state index contributed by atoms with van der Waals surface area (Å²) in [6, 6.07) is 7.17. The van der Waals surface area contributed by atoms with Crippen LogP contribution in [0.15, 0.2) is 24.3 Å². The number of hydrogen-bond donors (Lipinski definition) is 1. The average molecular weight is 367 g/mol. The van der Waals surface area contributed by atoms with Crippen molar-refractivity contribution in [1.82, 2.24) is 10.2 Å². The van der Waals surface area contributed by atoms with Crippen molar-refractivity contribution in [2.75, 3.05) is 33.4 Å². The first-order chi connectivity index (χ1) is 12.1. The van der Waals surface area contributed by atoms with Gasteiger partial charge in [0.2, 0.25) is 5.91 Å². The molecule has 2 rings (SSSR count). The number of methoxy groups -OCH3 is 1. The van der Waals surface area contributed by atoms with Crippen LogP contribution >= 0.6 is 11.6 Å². The van der Waals surface area contributed by atoms with Gasteiger partial charge in [-0.25, -0.2) is 0 Å². The molecule has 6 heteroatoms. The zero-order valence-electron chi connectivity index (χ0n) is 14.8. The van der Waals surface area contributed by atoms with Crippen molar-refractivity contribution in [3.8, 4) is 0 Å².